The summed E-state index contributed by atoms with van der Waals surface area (Å²) in [5.41, 5.74) is 17.3. The number of benzene rings is 11. The molecule has 2 heterocycles. The van der Waals surface area contributed by atoms with E-state index < -0.39 is 0 Å². The summed E-state index contributed by atoms with van der Waals surface area (Å²) in [4.78, 5) is 0. The highest BCUT2D eigenvalue weighted by Crippen LogP contribution is 2.49. The summed E-state index contributed by atoms with van der Waals surface area (Å²) >= 11 is 0. The Balaban J connectivity index is 0.978. The lowest BCUT2D eigenvalue weighted by molar-refractivity contribution is 1.18. The van der Waals surface area contributed by atoms with Crippen LogP contribution in [0, 0.1) is 0 Å². The van der Waals surface area contributed by atoms with E-state index in [9.17, 15) is 0 Å². The zero-order valence-corrected chi connectivity index (χ0v) is 33.7. The standard InChI is InChI=1S/C60H36N2/c1-2-16-44(17-3-1)61-54-28-26-40(34-52(54)59-46-19-6-4-12-37(46)24-30-56(59)61)41-27-29-55-53(35-41)60-47-20-7-5-13-38(47)25-31-57(60)62(55)45-18-10-14-39(33-45)43-32-42-15-11-23-50-48-21-8-9-22-49(48)51(36-43)58(42)50/h1-36H. The quantitative estimate of drug-likeness (QED) is 0.168. The Morgan fingerprint density at radius 2 is 0.726 bits per heavy atom. The van der Waals surface area contributed by atoms with Crippen LogP contribution < -0.4 is 0 Å². The Morgan fingerprint density at radius 1 is 0.226 bits per heavy atom. The number of hydrogen-bond acceptors (Lipinski definition) is 0. The van der Waals surface area contributed by atoms with Crippen molar-refractivity contribution in [2.75, 3.05) is 0 Å². The predicted molar refractivity (Wildman–Crippen MR) is 263 cm³/mol. The Bertz CT molecular complexity index is 4030. The van der Waals surface area contributed by atoms with Crippen molar-refractivity contribution in [3.63, 3.8) is 0 Å². The molecule has 0 amide bonds. The van der Waals surface area contributed by atoms with Gasteiger partial charge in [-0.2, -0.15) is 0 Å². The fourth-order valence-corrected chi connectivity index (χ4v) is 10.9. The van der Waals surface area contributed by atoms with Crippen molar-refractivity contribution in [3.8, 4) is 55.9 Å². The molecule has 286 valence electrons. The van der Waals surface area contributed by atoms with E-state index in [0.717, 1.165) is 5.69 Å². The van der Waals surface area contributed by atoms with Crippen LogP contribution in [0.3, 0.4) is 0 Å². The maximum atomic E-state index is 2.47. The first kappa shape index (κ1) is 33.6. The van der Waals surface area contributed by atoms with Crippen LogP contribution in [0.25, 0.3) is 132 Å². The average molecular weight is 785 g/mol. The summed E-state index contributed by atoms with van der Waals surface area (Å²) in [5.74, 6) is 0. The summed E-state index contributed by atoms with van der Waals surface area (Å²) in [7, 11) is 0. The van der Waals surface area contributed by atoms with Gasteiger partial charge in [-0.25, -0.2) is 0 Å². The molecule has 0 N–H and O–H groups in total. The molecular formula is C60H36N2. The van der Waals surface area contributed by atoms with Crippen molar-refractivity contribution < 1.29 is 0 Å². The molecule has 2 nitrogen and oxygen atoms in total. The molecule has 0 saturated heterocycles. The largest absolute Gasteiger partial charge is 0.309 e. The molecule has 0 unspecified atom stereocenters. The Labute approximate surface area is 357 Å². The molecule has 0 aliphatic heterocycles. The lowest BCUT2D eigenvalue weighted by Crippen LogP contribution is -1.94. The summed E-state index contributed by atoms with van der Waals surface area (Å²) in [5, 5.41) is 12.7. The van der Waals surface area contributed by atoms with E-state index in [4.69, 9.17) is 0 Å². The maximum Gasteiger partial charge on any atom is 0.0547 e. The molecule has 0 radical (unpaired) electrons. The van der Waals surface area contributed by atoms with Gasteiger partial charge in [-0.15, -0.1) is 0 Å². The van der Waals surface area contributed by atoms with Crippen LogP contribution in [0.5, 0.6) is 0 Å². The van der Waals surface area contributed by atoms with Gasteiger partial charge in [0.1, 0.15) is 0 Å². The fraction of sp³-hybridized carbons (Fsp3) is 0. The third-order valence-corrected chi connectivity index (χ3v) is 13.6. The first-order chi connectivity index (χ1) is 30.7. The Hall–Kier alpha value is -8.20. The molecule has 1 aliphatic rings. The minimum absolute atomic E-state index is 1.15. The first-order valence-corrected chi connectivity index (χ1v) is 21.5. The van der Waals surface area contributed by atoms with Crippen molar-refractivity contribution in [1.82, 2.24) is 9.13 Å². The highest BCUT2D eigenvalue weighted by atomic mass is 15.0. The normalized spacial score (nSPS) is 12.2. The number of hydrogen-bond donors (Lipinski definition) is 0. The van der Waals surface area contributed by atoms with Crippen molar-refractivity contribution in [1.29, 1.82) is 0 Å². The van der Waals surface area contributed by atoms with E-state index in [0.29, 0.717) is 0 Å². The van der Waals surface area contributed by atoms with Gasteiger partial charge < -0.3 is 9.13 Å². The van der Waals surface area contributed by atoms with E-state index in [1.165, 1.54) is 126 Å². The third-order valence-electron chi connectivity index (χ3n) is 13.6. The van der Waals surface area contributed by atoms with Crippen molar-refractivity contribution in [2.45, 2.75) is 0 Å². The molecule has 0 atom stereocenters. The van der Waals surface area contributed by atoms with Crippen LogP contribution in [-0.2, 0) is 0 Å². The molecule has 2 heteroatoms. The first-order valence-electron chi connectivity index (χ1n) is 21.5. The number of nitrogens with zero attached hydrogens (tertiary/aromatic N) is 2. The van der Waals surface area contributed by atoms with Crippen LogP contribution in [-0.4, -0.2) is 9.13 Å². The van der Waals surface area contributed by atoms with Gasteiger partial charge in [0.25, 0.3) is 0 Å². The van der Waals surface area contributed by atoms with Gasteiger partial charge in [0.05, 0.1) is 22.1 Å². The Kier molecular flexibility index (Phi) is 6.86. The molecular weight excluding hydrogens is 749 g/mol. The second-order valence-corrected chi connectivity index (χ2v) is 16.9. The molecule has 0 bridgehead atoms. The smallest absolute Gasteiger partial charge is 0.0547 e. The van der Waals surface area contributed by atoms with E-state index >= 15 is 0 Å². The summed E-state index contributed by atoms with van der Waals surface area (Å²) in [6.07, 6.45) is 0. The molecule has 1 aliphatic carbocycles. The van der Waals surface area contributed by atoms with Crippen LogP contribution in [0.15, 0.2) is 218 Å². The second kappa shape index (κ2) is 12.7. The lowest BCUT2D eigenvalue weighted by Gasteiger charge is -2.12. The lowest BCUT2D eigenvalue weighted by atomic mass is 9.96. The fourth-order valence-electron chi connectivity index (χ4n) is 10.9. The van der Waals surface area contributed by atoms with Gasteiger partial charge in [0, 0.05) is 32.9 Å². The molecule has 13 aromatic rings. The van der Waals surface area contributed by atoms with E-state index in [1.54, 1.807) is 0 Å². The van der Waals surface area contributed by atoms with Gasteiger partial charge in [0.15, 0.2) is 0 Å². The van der Waals surface area contributed by atoms with Crippen LogP contribution in [0.1, 0.15) is 0 Å². The summed E-state index contributed by atoms with van der Waals surface area (Å²) in [6, 6.07) is 81.1. The minimum Gasteiger partial charge on any atom is -0.309 e. The van der Waals surface area contributed by atoms with Gasteiger partial charge in [-0.05, 0) is 150 Å². The average Bonchev–Trinajstić information content (AvgIpc) is 3.98. The third kappa shape index (κ3) is 4.69. The zero-order chi connectivity index (χ0) is 40.5. The molecule has 11 aromatic carbocycles. The van der Waals surface area contributed by atoms with E-state index in [1.807, 2.05) is 0 Å². The zero-order valence-electron chi connectivity index (χ0n) is 33.7. The second-order valence-electron chi connectivity index (χ2n) is 16.9. The minimum atomic E-state index is 1.15. The number of fused-ring (bicyclic) bond motifs is 13. The summed E-state index contributed by atoms with van der Waals surface area (Å²) in [6.45, 7) is 0. The van der Waals surface area contributed by atoms with Gasteiger partial charge in [-0.3, -0.25) is 0 Å². The van der Waals surface area contributed by atoms with Crippen molar-refractivity contribution >= 4 is 75.9 Å². The predicted octanol–water partition coefficient (Wildman–Crippen LogP) is 16.3. The highest BCUT2D eigenvalue weighted by Gasteiger charge is 2.23. The van der Waals surface area contributed by atoms with Crippen LogP contribution >= 0.6 is 0 Å². The molecule has 14 rings (SSSR count). The van der Waals surface area contributed by atoms with Crippen molar-refractivity contribution in [3.05, 3.63) is 218 Å². The Morgan fingerprint density at radius 3 is 1.40 bits per heavy atom. The highest BCUT2D eigenvalue weighted by molar-refractivity contribution is 6.24. The number of para-hydroxylation sites is 1. The van der Waals surface area contributed by atoms with E-state index in [2.05, 4.69) is 228 Å². The van der Waals surface area contributed by atoms with Crippen LogP contribution in [0.2, 0.25) is 0 Å². The van der Waals surface area contributed by atoms with Crippen LogP contribution in [0.4, 0.5) is 0 Å². The number of aromatic nitrogens is 2. The van der Waals surface area contributed by atoms with Gasteiger partial charge in [0.2, 0.25) is 0 Å². The van der Waals surface area contributed by atoms with Gasteiger partial charge >= 0.3 is 0 Å². The molecule has 0 saturated carbocycles. The molecule has 0 spiro atoms. The number of rotatable bonds is 4. The molecule has 2 aromatic heterocycles. The molecule has 0 fully saturated rings. The maximum absolute atomic E-state index is 2.47. The topological polar surface area (TPSA) is 9.86 Å². The van der Waals surface area contributed by atoms with Gasteiger partial charge in [-0.1, -0.05) is 146 Å². The molecule has 62 heavy (non-hydrogen) atoms. The summed E-state index contributed by atoms with van der Waals surface area (Å²) < 4.78 is 4.89. The monoisotopic (exact) mass is 784 g/mol. The van der Waals surface area contributed by atoms with Crippen molar-refractivity contribution in [2.24, 2.45) is 0 Å². The van der Waals surface area contributed by atoms with E-state index in [-0.39, 0.29) is 0 Å². The SMILES string of the molecule is c1ccc(-n2c3ccc(-c4ccc5c(c4)c4c6ccccc6ccc4n5-c4cccc(-c5cc6c7c(cccc7c5)-c5ccccc5-6)c4)cc3c3c4ccccc4ccc32)cc1.